The molecule has 18 heavy (non-hydrogen) atoms. The average Bonchev–Trinajstić information content (AvgIpc) is 2.26. The highest BCUT2D eigenvalue weighted by molar-refractivity contribution is 7.89. The van der Waals surface area contributed by atoms with E-state index in [-0.39, 0.29) is 18.7 Å². The van der Waals surface area contributed by atoms with Gasteiger partial charge in [0.05, 0.1) is 16.5 Å². The molecule has 6 nitrogen and oxygen atoms in total. The molecule has 0 fully saturated rings. The zero-order chi connectivity index (χ0) is 13.6. The first-order valence-corrected chi connectivity index (χ1v) is 7.28. The van der Waals surface area contributed by atoms with Crippen LogP contribution in [-0.2, 0) is 10.0 Å². The van der Waals surface area contributed by atoms with Gasteiger partial charge in [0.25, 0.3) is 0 Å². The zero-order valence-electron chi connectivity index (χ0n) is 9.52. The van der Waals surface area contributed by atoms with Crippen molar-refractivity contribution in [3.05, 3.63) is 29.3 Å². The predicted molar refractivity (Wildman–Crippen MR) is 71.1 cm³/mol. The van der Waals surface area contributed by atoms with Gasteiger partial charge >= 0.3 is 6.03 Å². The first-order valence-electron chi connectivity index (χ1n) is 5.18. The van der Waals surface area contributed by atoms with Crippen molar-refractivity contribution in [2.24, 2.45) is 5.14 Å². The minimum Gasteiger partial charge on any atom is -0.338 e. The highest BCUT2D eigenvalue weighted by Crippen LogP contribution is 2.19. The molecule has 0 heterocycles. The number of anilines is 1. The van der Waals surface area contributed by atoms with Crippen LogP contribution in [0.3, 0.4) is 0 Å². The Morgan fingerprint density at radius 1 is 1.33 bits per heavy atom. The molecule has 0 unspecified atom stereocenters. The summed E-state index contributed by atoms with van der Waals surface area (Å²) in [6, 6.07) is 6.35. The Balaban J connectivity index is 2.33. The minimum atomic E-state index is -3.48. The van der Waals surface area contributed by atoms with Crippen LogP contribution in [0.25, 0.3) is 0 Å². The van der Waals surface area contributed by atoms with Crippen LogP contribution in [0.1, 0.15) is 6.42 Å². The summed E-state index contributed by atoms with van der Waals surface area (Å²) in [5, 5.41) is 10.3. The van der Waals surface area contributed by atoms with Crippen LogP contribution in [0.2, 0.25) is 5.02 Å². The number of benzene rings is 1. The van der Waals surface area contributed by atoms with Crippen molar-refractivity contribution in [3.63, 3.8) is 0 Å². The quantitative estimate of drug-likeness (QED) is 0.709. The molecule has 0 saturated heterocycles. The average molecular weight is 292 g/mol. The number of sulfonamides is 1. The van der Waals surface area contributed by atoms with E-state index in [0.29, 0.717) is 10.7 Å². The number of nitrogens with two attached hydrogens (primary N) is 1. The van der Waals surface area contributed by atoms with Crippen molar-refractivity contribution in [1.29, 1.82) is 0 Å². The van der Waals surface area contributed by atoms with Gasteiger partial charge in [-0.1, -0.05) is 23.7 Å². The second kappa shape index (κ2) is 6.58. The summed E-state index contributed by atoms with van der Waals surface area (Å²) < 4.78 is 21.3. The summed E-state index contributed by atoms with van der Waals surface area (Å²) in [5.41, 5.74) is 0.489. The van der Waals surface area contributed by atoms with E-state index in [1.54, 1.807) is 24.3 Å². The summed E-state index contributed by atoms with van der Waals surface area (Å²) in [7, 11) is -3.48. The van der Waals surface area contributed by atoms with E-state index < -0.39 is 16.1 Å². The van der Waals surface area contributed by atoms with Gasteiger partial charge in [-0.05, 0) is 18.6 Å². The number of halogens is 1. The summed E-state index contributed by atoms with van der Waals surface area (Å²) in [6.45, 7) is 0.215. The number of carbonyl (C=O) groups excluding carboxylic acids is 1. The fraction of sp³-hybridized carbons (Fsp3) is 0.300. The van der Waals surface area contributed by atoms with Crippen LogP contribution < -0.4 is 15.8 Å². The fourth-order valence-electron chi connectivity index (χ4n) is 1.20. The van der Waals surface area contributed by atoms with Gasteiger partial charge < -0.3 is 10.6 Å². The van der Waals surface area contributed by atoms with Crippen LogP contribution in [0.4, 0.5) is 10.5 Å². The normalized spacial score (nSPS) is 11.0. The number of carbonyl (C=O) groups is 1. The first kappa shape index (κ1) is 14.7. The predicted octanol–water partition coefficient (Wildman–Crippen LogP) is 1.14. The van der Waals surface area contributed by atoms with Crippen molar-refractivity contribution in [2.45, 2.75) is 6.42 Å². The smallest absolute Gasteiger partial charge is 0.319 e. The lowest BCUT2D eigenvalue weighted by atomic mass is 10.3. The Morgan fingerprint density at radius 3 is 2.61 bits per heavy atom. The third-order valence-corrected chi connectivity index (χ3v) is 3.20. The molecular weight excluding hydrogens is 278 g/mol. The van der Waals surface area contributed by atoms with Crippen LogP contribution in [0, 0.1) is 0 Å². The van der Waals surface area contributed by atoms with Crippen LogP contribution >= 0.6 is 11.6 Å². The number of primary sulfonamides is 1. The molecule has 1 aromatic carbocycles. The topological polar surface area (TPSA) is 101 Å². The SMILES string of the molecule is NS(=O)(=O)CCCNC(=O)Nc1ccccc1Cl. The standard InChI is InChI=1S/C10H14ClN3O3S/c11-8-4-1-2-5-9(8)14-10(15)13-6-3-7-18(12,16)17/h1-2,4-5H,3,6-7H2,(H2,12,16,17)(H2,13,14,15). The summed E-state index contributed by atoms with van der Waals surface area (Å²) in [4.78, 5) is 11.4. The summed E-state index contributed by atoms with van der Waals surface area (Å²) >= 11 is 5.85. The number of amides is 2. The molecule has 0 aliphatic rings. The monoisotopic (exact) mass is 291 g/mol. The Hall–Kier alpha value is -1.31. The van der Waals surface area contributed by atoms with E-state index in [1.807, 2.05) is 0 Å². The van der Waals surface area contributed by atoms with Crippen molar-refractivity contribution < 1.29 is 13.2 Å². The van der Waals surface area contributed by atoms with Gasteiger partial charge in [0, 0.05) is 6.54 Å². The number of hydrogen-bond acceptors (Lipinski definition) is 3. The molecule has 8 heteroatoms. The number of nitrogens with one attached hydrogen (secondary N) is 2. The van der Waals surface area contributed by atoms with Gasteiger partial charge in [-0.25, -0.2) is 18.4 Å². The Morgan fingerprint density at radius 2 is 2.00 bits per heavy atom. The molecule has 100 valence electrons. The third kappa shape index (κ3) is 5.85. The second-order valence-electron chi connectivity index (χ2n) is 3.58. The second-order valence-corrected chi connectivity index (χ2v) is 5.72. The number of hydrogen-bond donors (Lipinski definition) is 3. The van der Waals surface area contributed by atoms with E-state index in [2.05, 4.69) is 10.6 Å². The Bertz CT molecular complexity index is 519. The molecule has 4 N–H and O–H groups in total. The van der Waals surface area contributed by atoms with E-state index in [0.717, 1.165) is 0 Å². The van der Waals surface area contributed by atoms with E-state index >= 15 is 0 Å². The molecule has 2 amide bonds. The van der Waals surface area contributed by atoms with Gasteiger partial charge in [0.1, 0.15) is 0 Å². The van der Waals surface area contributed by atoms with E-state index in [1.165, 1.54) is 0 Å². The molecule has 0 aliphatic heterocycles. The molecule has 0 radical (unpaired) electrons. The highest BCUT2D eigenvalue weighted by Gasteiger charge is 2.05. The molecule has 0 bridgehead atoms. The van der Waals surface area contributed by atoms with E-state index in [4.69, 9.17) is 16.7 Å². The fourth-order valence-corrected chi connectivity index (χ4v) is 1.93. The molecular formula is C10H14ClN3O3S. The maximum atomic E-state index is 11.4. The lowest BCUT2D eigenvalue weighted by Crippen LogP contribution is -2.31. The zero-order valence-corrected chi connectivity index (χ0v) is 11.1. The van der Waals surface area contributed by atoms with Gasteiger partial charge in [-0.2, -0.15) is 0 Å². The minimum absolute atomic E-state index is 0.167. The molecule has 1 aromatic rings. The molecule has 0 aromatic heterocycles. The molecule has 0 spiro atoms. The van der Waals surface area contributed by atoms with Crippen LogP contribution in [-0.4, -0.2) is 26.7 Å². The van der Waals surface area contributed by atoms with Gasteiger partial charge in [0.2, 0.25) is 10.0 Å². The Labute approximate surface area is 111 Å². The maximum Gasteiger partial charge on any atom is 0.319 e. The van der Waals surface area contributed by atoms with Crippen LogP contribution in [0.15, 0.2) is 24.3 Å². The summed E-state index contributed by atoms with van der Waals surface area (Å²) in [5.74, 6) is -0.167. The molecule has 1 rings (SSSR count). The maximum absolute atomic E-state index is 11.4. The lowest BCUT2D eigenvalue weighted by molar-refractivity contribution is 0.252. The Kier molecular flexibility index (Phi) is 5.39. The van der Waals surface area contributed by atoms with Gasteiger partial charge in [0.15, 0.2) is 0 Å². The third-order valence-electron chi connectivity index (χ3n) is 2.01. The van der Waals surface area contributed by atoms with Crippen LogP contribution in [0.5, 0.6) is 0 Å². The molecule has 0 atom stereocenters. The van der Waals surface area contributed by atoms with Crippen molar-refractivity contribution >= 4 is 33.3 Å². The molecule has 0 aliphatic carbocycles. The largest absolute Gasteiger partial charge is 0.338 e. The van der Waals surface area contributed by atoms with Gasteiger partial charge in [-0.15, -0.1) is 0 Å². The molecule has 0 saturated carbocycles. The number of urea groups is 1. The van der Waals surface area contributed by atoms with Crippen molar-refractivity contribution in [1.82, 2.24) is 5.32 Å². The first-order chi connectivity index (χ1) is 8.38. The van der Waals surface area contributed by atoms with Crippen molar-refractivity contribution in [3.8, 4) is 0 Å². The summed E-state index contributed by atoms with van der Waals surface area (Å²) in [6.07, 6.45) is 0.259. The van der Waals surface area contributed by atoms with Gasteiger partial charge in [-0.3, -0.25) is 0 Å². The number of rotatable bonds is 5. The van der Waals surface area contributed by atoms with E-state index in [9.17, 15) is 13.2 Å². The highest BCUT2D eigenvalue weighted by atomic mass is 35.5. The van der Waals surface area contributed by atoms with Crippen molar-refractivity contribution in [2.75, 3.05) is 17.6 Å². The lowest BCUT2D eigenvalue weighted by Gasteiger charge is -2.08. The number of para-hydroxylation sites is 1.